The van der Waals surface area contributed by atoms with Crippen molar-refractivity contribution in [1.82, 2.24) is 4.90 Å². The Morgan fingerprint density at radius 1 is 1.45 bits per heavy atom. The van der Waals surface area contributed by atoms with Gasteiger partial charge in [0.15, 0.2) is 0 Å². The van der Waals surface area contributed by atoms with Crippen LogP contribution in [-0.4, -0.2) is 29.6 Å². The van der Waals surface area contributed by atoms with Crippen molar-refractivity contribution in [2.45, 2.75) is 13.0 Å². The highest BCUT2D eigenvalue weighted by Crippen LogP contribution is 2.16. The lowest BCUT2D eigenvalue weighted by atomic mass is 10.2. The highest BCUT2D eigenvalue weighted by Gasteiger charge is 2.11. The van der Waals surface area contributed by atoms with E-state index >= 15 is 0 Å². The maximum atomic E-state index is 12.1. The number of aliphatic hydroxyl groups is 1. The average Bonchev–Trinajstić information content (AvgIpc) is 3.08. The molecule has 0 aliphatic rings. The molecular formula is C15H15NO2S2. The van der Waals surface area contributed by atoms with Gasteiger partial charge in [-0.1, -0.05) is 11.8 Å². The number of carbonyl (C=O) groups excluding carboxylic acids is 1. The lowest BCUT2D eigenvalue weighted by Crippen LogP contribution is -2.27. The monoisotopic (exact) mass is 305 g/mol. The molecule has 3 nitrogen and oxygen atoms in total. The molecule has 20 heavy (non-hydrogen) atoms. The molecule has 0 bridgehead atoms. The van der Waals surface area contributed by atoms with Crippen LogP contribution in [0.2, 0.25) is 0 Å². The van der Waals surface area contributed by atoms with Crippen molar-refractivity contribution >= 4 is 28.6 Å². The van der Waals surface area contributed by atoms with Crippen molar-refractivity contribution in [3.05, 3.63) is 44.3 Å². The van der Waals surface area contributed by atoms with Crippen LogP contribution >= 0.6 is 22.7 Å². The molecule has 1 N–H and O–H groups in total. The van der Waals surface area contributed by atoms with Crippen LogP contribution in [0.25, 0.3) is 0 Å². The van der Waals surface area contributed by atoms with Crippen molar-refractivity contribution < 1.29 is 9.90 Å². The van der Waals surface area contributed by atoms with Crippen molar-refractivity contribution in [3.63, 3.8) is 0 Å². The summed E-state index contributed by atoms with van der Waals surface area (Å²) in [4.78, 5) is 14.9. The van der Waals surface area contributed by atoms with Gasteiger partial charge in [-0.3, -0.25) is 4.79 Å². The molecular weight excluding hydrogens is 290 g/mol. The lowest BCUT2D eigenvalue weighted by molar-refractivity contribution is -0.129. The van der Waals surface area contributed by atoms with E-state index in [1.54, 1.807) is 27.6 Å². The van der Waals surface area contributed by atoms with Gasteiger partial charge >= 0.3 is 0 Å². The Balaban J connectivity index is 1.92. The van der Waals surface area contributed by atoms with Crippen molar-refractivity contribution in [1.29, 1.82) is 0 Å². The Bertz CT molecular complexity index is 620. The standard InChI is InChI=1S/C15H15NO2S2/c1-16(15(18)8-13-4-6-19-10-13)9-14-7-12(11-20-14)3-2-5-17/h4,6-7,10-11,17H,5,8-9H2,1H3. The summed E-state index contributed by atoms with van der Waals surface area (Å²) in [5.41, 5.74) is 1.95. The molecule has 0 atom stereocenters. The van der Waals surface area contributed by atoms with E-state index in [0.717, 1.165) is 16.0 Å². The topological polar surface area (TPSA) is 40.5 Å². The van der Waals surface area contributed by atoms with E-state index < -0.39 is 0 Å². The molecule has 0 saturated carbocycles. The summed E-state index contributed by atoms with van der Waals surface area (Å²) in [6, 6.07) is 3.94. The van der Waals surface area contributed by atoms with E-state index in [2.05, 4.69) is 11.8 Å². The number of thiophene rings is 2. The predicted octanol–water partition coefficient (Wildman–Crippen LogP) is 2.35. The maximum absolute atomic E-state index is 12.1. The zero-order valence-corrected chi connectivity index (χ0v) is 12.8. The molecule has 2 heterocycles. The number of aliphatic hydroxyl groups excluding tert-OH is 1. The first-order valence-corrected chi connectivity index (χ1v) is 7.93. The minimum atomic E-state index is -0.135. The number of hydrogen-bond donors (Lipinski definition) is 1. The third-order valence-corrected chi connectivity index (χ3v) is 4.37. The summed E-state index contributed by atoms with van der Waals surface area (Å²) in [6.07, 6.45) is 0.447. The summed E-state index contributed by atoms with van der Waals surface area (Å²) >= 11 is 3.18. The molecule has 0 aromatic carbocycles. The van der Waals surface area contributed by atoms with E-state index in [0.29, 0.717) is 13.0 Å². The smallest absolute Gasteiger partial charge is 0.227 e. The van der Waals surface area contributed by atoms with Gasteiger partial charge in [-0.2, -0.15) is 11.3 Å². The van der Waals surface area contributed by atoms with Crippen LogP contribution in [-0.2, 0) is 17.8 Å². The van der Waals surface area contributed by atoms with Gasteiger partial charge in [0.2, 0.25) is 5.91 Å². The molecule has 0 fully saturated rings. The molecule has 0 aliphatic carbocycles. The van der Waals surface area contributed by atoms with Crippen LogP contribution < -0.4 is 0 Å². The van der Waals surface area contributed by atoms with Crippen LogP contribution in [0.4, 0.5) is 0 Å². The lowest BCUT2D eigenvalue weighted by Gasteiger charge is -2.15. The first-order chi connectivity index (χ1) is 9.69. The number of likely N-dealkylation sites (N-methyl/N-ethyl adjacent to an activating group) is 1. The Morgan fingerprint density at radius 2 is 2.30 bits per heavy atom. The van der Waals surface area contributed by atoms with Crippen LogP contribution in [0, 0.1) is 11.8 Å². The predicted molar refractivity (Wildman–Crippen MR) is 82.8 cm³/mol. The quantitative estimate of drug-likeness (QED) is 0.881. The average molecular weight is 305 g/mol. The summed E-state index contributed by atoms with van der Waals surface area (Å²) in [5.74, 6) is 5.59. The number of rotatable bonds is 4. The largest absolute Gasteiger partial charge is 0.384 e. The molecule has 0 spiro atoms. The normalized spacial score (nSPS) is 9.90. The zero-order chi connectivity index (χ0) is 14.4. The van der Waals surface area contributed by atoms with Gasteiger partial charge in [-0.05, 0) is 28.5 Å². The number of hydrogen-bond acceptors (Lipinski definition) is 4. The van der Waals surface area contributed by atoms with Crippen LogP contribution in [0.5, 0.6) is 0 Å². The van der Waals surface area contributed by atoms with Crippen LogP contribution in [0.1, 0.15) is 16.0 Å². The van der Waals surface area contributed by atoms with E-state index in [-0.39, 0.29) is 12.5 Å². The first-order valence-electron chi connectivity index (χ1n) is 6.11. The number of amides is 1. The second-order valence-corrected chi connectivity index (χ2v) is 6.10. The Morgan fingerprint density at radius 3 is 3.00 bits per heavy atom. The summed E-state index contributed by atoms with van der Waals surface area (Å²) < 4.78 is 0. The Labute approximate surface area is 126 Å². The second-order valence-electron chi connectivity index (χ2n) is 4.32. The fraction of sp³-hybridized carbons (Fsp3) is 0.267. The van der Waals surface area contributed by atoms with E-state index in [1.807, 2.05) is 35.3 Å². The molecule has 1 amide bonds. The molecule has 0 unspecified atom stereocenters. The summed E-state index contributed by atoms with van der Waals surface area (Å²) in [5, 5.41) is 14.6. The minimum Gasteiger partial charge on any atom is -0.384 e. The van der Waals surface area contributed by atoms with Gasteiger partial charge in [0, 0.05) is 22.9 Å². The third-order valence-electron chi connectivity index (χ3n) is 2.72. The molecule has 0 saturated heterocycles. The Hall–Kier alpha value is -1.61. The minimum absolute atomic E-state index is 0.111. The fourth-order valence-electron chi connectivity index (χ4n) is 1.70. The summed E-state index contributed by atoms with van der Waals surface area (Å²) in [7, 11) is 1.81. The highest BCUT2D eigenvalue weighted by molar-refractivity contribution is 7.10. The van der Waals surface area contributed by atoms with Gasteiger partial charge in [0.05, 0.1) is 13.0 Å². The van der Waals surface area contributed by atoms with Crippen LogP contribution in [0.3, 0.4) is 0 Å². The van der Waals surface area contributed by atoms with Gasteiger partial charge in [-0.25, -0.2) is 0 Å². The third kappa shape index (κ3) is 4.20. The molecule has 5 heteroatoms. The van der Waals surface area contributed by atoms with Crippen molar-refractivity contribution in [2.24, 2.45) is 0 Å². The highest BCUT2D eigenvalue weighted by atomic mass is 32.1. The van der Waals surface area contributed by atoms with Gasteiger partial charge < -0.3 is 10.0 Å². The maximum Gasteiger partial charge on any atom is 0.227 e. The fourth-order valence-corrected chi connectivity index (χ4v) is 3.23. The van der Waals surface area contributed by atoms with E-state index in [4.69, 9.17) is 5.11 Å². The molecule has 2 rings (SSSR count). The molecule has 2 aromatic heterocycles. The molecule has 104 valence electrons. The molecule has 0 radical (unpaired) electrons. The SMILES string of the molecule is CN(Cc1cc(C#CCO)cs1)C(=O)Cc1ccsc1. The van der Waals surface area contributed by atoms with E-state index in [1.165, 1.54) is 0 Å². The Kier molecular flexibility index (Phi) is 5.36. The van der Waals surface area contributed by atoms with Crippen molar-refractivity contribution in [2.75, 3.05) is 13.7 Å². The molecule has 0 aliphatic heterocycles. The van der Waals surface area contributed by atoms with Crippen LogP contribution in [0.15, 0.2) is 28.3 Å². The second kappa shape index (κ2) is 7.25. The number of carbonyl (C=O) groups is 1. The zero-order valence-electron chi connectivity index (χ0n) is 11.1. The first kappa shape index (κ1) is 14.8. The van der Waals surface area contributed by atoms with Gasteiger partial charge in [0.1, 0.15) is 6.61 Å². The van der Waals surface area contributed by atoms with Gasteiger partial charge in [0.25, 0.3) is 0 Å². The van der Waals surface area contributed by atoms with Gasteiger partial charge in [-0.15, -0.1) is 11.3 Å². The number of nitrogens with zero attached hydrogens (tertiary/aromatic N) is 1. The molecule has 2 aromatic rings. The van der Waals surface area contributed by atoms with E-state index in [9.17, 15) is 4.79 Å². The summed E-state index contributed by atoms with van der Waals surface area (Å²) in [6.45, 7) is 0.457. The van der Waals surface area contributed by atoms with Crippen molar-refractivity contribution in [3.8, 4) is 11.8 Å².